The number of benzene rings is 3. The number of thioether (sulfide) groups is 1. The van der Waals surface area contributed by atoms with Gasteiger partial charge in [0.25, 0.3) is 0 Å². The number of carbonyl (C=O) groups excluding carboxylic acids is 1. The zero-order valence-electron chi connectivity index (χ0n) is 24.6. The Hall–Kier alpha value is -4.58. The molecule has 5 rings (SSSR count). The minimum atomic E-state index is -4.75. The number of rotatable bonds is 6. The number of aryl methyl sites for hydroxylation is 2. The molecule has 1 atom stereocenters. The Morgan fingerprint density at radius 1 is 1.07 bits per heavy atom. The number of ether oxygens (including phenoxy) is 1. The van der Waals surface area contributed by atoms with Crippen molar-refractivity contribution in [3.8, 4) is 22.8 Å². The fraction of sp³-hybridized carbons (Fsp3) is 0.250. The molecule has 1 saturated heterocycles. The lowest BCUT2D eigenvalue weighted by molar-refractivity contribution is -0.274. The van der Waals surface area contributed by atoms with E-state index < -0.39 is 12.4 Å². The Bertz CT molecular complexity index is 1680. The third-order valence-corrected chi connectivity index (χ3v) is 7.96. The molecule has 2 amide bonds. The number of hydrogen-bond donors (Lipinski definition) is 1. The van der Waals surface area contributed by atoms with Gasteiger partial charge in [-0.1, -0.05) is 54.2 Å². The fourth-order valence-electron chi connectivity index (χ4n) is 4.91. The van der Waals surface area contributed by atoms with Gasteiger partial charge in [0, 0.05) is 28.7 Å². The van der Waals surface area contributed by atoms with Crippen LogP contribution in [0.5, 0.6) is 5.75 Å². The van der Waals surface area contributed by atoms with Gasteiger partial charge >= 0.3 is 12.4 Å². The molecule has 4 aromatic rings. The summed E-state index contributed by atoms with van der Waals surface area (Å²) in [7, 11) is 0. The predicted octanol–water partition coefficient (Wildman–Crippen LogP) is 7.91. The highest BCUT2D eigenvalue weighted by Crippen LogP contribution is 2.34. The smallest absolute Gasteiger partial charge is 0.406 e. The van der Waals surface area contributed by atoms with E-state index in [0.29, 0.717) is 22.4 Å². The first-order valence-corrected chi connectivity index (χ1v) is 14.9. The van der Waals surface area contributed by atoms with E-state index in [-0.39, 0.29) is 11.8 Å². The summed E-state index contributed by atoms with van der Waals surface area (Å²) in [5.74, 6) is 1.03. The maximum atomic E-state index is 12.9. The standard InChI is InChI=1S/C32H31F3N6O2S/c1-20-6-5-7-21(2)28(20)41-23(4)16-17-44-31(41)38-30(42)37-22(3)18-24-8-10-25(11-9-24)29-36-19-40(39-29)26-12-14-27(15-13-26)43-32(33,34)35/h5-15,18-19,23H,16-17H2,1-4H3,(H,37,42)/b22-18+,38-31-. The summed E-state index contributed by atoms with van der Waals surface area (Å²) in [4.78, 5) is 23.9. The Balaban J connectivity index is 1.25. The molecule has 0 saturated carbocycles. The summed E-state index contributed by atoms with van der Waals surface area (Å²) in [6.07, 6.45) is -0.426. The highest BCUT2D eigenvalue weighted by atomic mass is 32.2. The van der Waals surface area contributed by atoms with Crippen LogP contribution in [0, 0.1) is 13.8 Å². The van der Waals surface area contributed by atoms with Crippen LogP contribution in [-0.4, -0.2) is 44.1 Å². The molecule has 1 aliphatic heterocycles. The molecule has 1 unspecified atom stereocenters. The van der Waals surface area contributed by atoms with Crippen molar-refractivity contribution in [3.05, 3.63) is 95.4 Å². The maximum Gasteiger partial charge on any atom is 0.573 e. The Labute approximate surface area is 257 Å². The highest BCUT2D eigenvalue weighted by molar-refractivity contribution is 8.14. The van der Waals surface area contributed by atoms with E-state index in [2.05, 4.69) is 62.9 Å². The van der Waals surface area contributed by atoms with Gasteiger partial charge in [-0.05, 0) is 81.1 Å². The topological polar surface area (TPSA) is 84.6 Å². The van der Waals surface area contributed by atoms with Crippen LogP contribution < -0.4 is 15.0 Å². The van der Waals surface area contributed by atoms with Crippen molar-refractivity contribution in [2.24, 2.45) is 4.99 Å². The van der Waals surface area contributed by atoms with Gasteiger partial charge in [0.1, 0.15) is 12.1 Å². The molecule has 228 valence electrons. The van der Waals surface area contributed by atoms with Gasteiger partial charge in [-0.2, -0.15) is 4.99 Å². The fourth-order valence-corrected chi connectivity index (χ4v) is 6.11. The Morgan fingerprint density at radius 2 is 1.75 bits per heavy atom. The molecule has 0 aliphatic carbocycles. The normalized spacial score (nSPS) is 16.7. The number of aliphatic imine (C=N–C) groups is 1. The van der Waals surface area contributed by atoms with Crippen LogP contribution in [-0.2, 0) is 0 Å². The summed E-state index contributed by atoms with van der Waals surface area (Å²) in [5, 5.41) is 7.99. The number of urea groups is 1. The van der Waals surface area contributed by atoms with Gasteiger partial charge in [0.2, 0.25) is 0 Å². The molecule has 1 aliphatic rings. The summed E-state index contributed by atoms with van der Waals surface area (Å²) in [5.41, 5.74) is 6.16. The first kappa shape index (κ1) is 30.9. The summed E-state index contributed by atoms with van der Waals surface area (Å²) in [6.45, 7) is 8.11. The lowest BCUT2D eigenvalue weighted by Crippen LogP contribution is -2.42. The summed E-state index contributed by atoms with van der Waals surface area (Å²) in [6, 6.07) is 18.8. The first-order valence-electron chi connectivity index (χ1n) is 13.9. The van der Waals surface area contributed by atoms with Gasteiger partial charge in [-0.25, -0.2) is 14.5 Å². The van der Waals surface area contributed by atoms with Crippen molar-refractivity contribution in [3.63, 3.8) is 0 Å². The van der Waals surface area contributed by atoms with Crippen LogP contribution in [0.3, 0.4) is 0 Å². The van der Waals surface area contributed by atoms with Crippen molar-refractivity contribution in [2.75, 3.05) is 10.7 Å². The number of anilines is 1. The number of alkyl halides is 3. The molecular weight excluding hydrogens is 589 g/mol. The van der Waals surface area contributed by atoms with Gasteiger partial charge in [0.15, 0.2) is 11.0 Å². The average Bonchev–Trinajstić information content (AvgIpc) is 3.44. The van der Waals surface area contributed by atoms with Crippen molar-refractivity contribution < 1.29 is 22.7 Å². The van der Waals surface area contributed by atoms with Gasteiger partial charge in [0.05, 0.1) is 5.69 Å². The van der Waals surface area contributed by atoms with Crippen molar-refractivity contribution in [2.45, 2.75) is 46.5 Å². The molecule has 1 N–H and O–H groups in total. The van der Waals surface area contributed by atoms with Crippen molar-refractivity contribution >= 4 is 34.7 Å². The van der Waals surface area contributed by atoms with Crippen LogP contribution in [0.15, 0.2) is 83.7 Å². The van der Waals surface area contributed by atoms with E-state index in [1.165, 1.54) is 35.3 Å². The van der Waals surface area contributed by atoms with E-state index in [1.807, 2.05) is 36.4 Å². The second kappa shape index (κ2) is 13.0. The van der Waals surface area contributed by atoms with Crippen LogP contribution in [0.2, 0.25) is 0 Å². The molecule has 3 aromatic carbocycles. The Kier molecular flexibility index (Phi) is 9.09. The number of allylic oxidation sites excluding steroid dienone is 1. The third-order valence-electron chi connectivity index (χ3n) is 6.97. The number of para-hydroxylation sites is 1. The van der Waals surface area contributed by atoms with Crippen molar-refractivity contribution in [1.29, 1.82) is 0 Å². The number of halogens is 3. The molecule has 0 radical (unpaired) electrons. The molecule has 44 heavy (non-hydrogen) atoms. The largest absolute Gasteiger partial charge is 0.573 e. The molecule has 8 nitrogen and oxygen atoms in total. The second-order valence-electron chi connectivity index (χ2n) is 10.4. The molecule has 1 aromatic heterocycles. The van der Waals surface area contributed by atoms with Crippen LogP contribution >= 0.6 is 11.8 Å². The molecule has 12 heteroatoms. The Morgan fingerprint density at radius 3 is 2.41 bits per heavy atom. The predicted molar refractivity (Wildman–Crippen MR) is 168 cm³/mol. The zero-order valence-corrected chi connectivity index (χ0v) is 25.4. The van der Waals surface area contributed by atoms with E-state index >= 15 is 0 Å². The monoisotopic (exact) mass is 620 g/mol. The quantitative estimate of drug-likeness (QED) is 0.236. The van der Waals surface area contributed by atoms with Crippen molar-refractivity contribution in [1.82, 2.24) is 20.1 Å². The molecule has 0 bridgehead atoms. The number of amidine groups is 1. The number of aromatic nitrogens is 3. The minimum absolute atomic E-state index is 0.219. The zero-order chi connectivity index (χ0) is 31.4. The SMILES string of the molecule is C/C(=C\c1ccc(-c2ncn(-c3ccc(OC(F)(F)F)cc3)n2)cc1)NC(=O)/N=C1\SCCC(C)N1c1c(C)cccc1C. The van der Waals surface area contributed by atoms with Crippen LogP contribution in [0.4, 0.5) is 23.7 Å². The second-order valence-corrected chi connectivity index (χ2v) is 11.5. The summed E-state index contributed by atoms with van der Waals surface area (Å²) < 4.78 is 42.6. The lowest BCUT2D eigenvalue weighted by atomic mass is 10.1. The number of carbonyl (C=O) groups is 1. The molecule has 0 spiro atoms. The molecule has 1 fully saturated rings. The van der Waals surface area contributed by atoms with Crippen LogP contribution in [0.25, 0.3) is 23.2 Å². The minimum Gasteiger partial charge on any atom is -0.406 e. The lowest BCUT2D eigenvalue weighted by Gasteiger charge is -2.37. The van der Waals surface area contributed by atoms with Gasteiger partial charge < -0.3 is 15.0 Å². The van der Waals surface area contributed by atoms with Gasteiger partial charge in [-0.15, -0.1) is 18.3 Å². The first-order chi connectivity index (χ1) is 21.0. The van der Waals surface area contributed by atoms with E-state index in [1.54, 1.807) is 18.7 Å². The van der Waals surface area contributed by atoms with E-state index in [4.69, 9.17) is 0 Å². The van der Waals surface area contributed by atoms with E-state index in [9.17, 15) is 18.0 Å². The molecular formula is C32H31F3N6O2S. The maximum absolute atomic E-state index is 12.9. The highest BCUT2D eigenvalue weighted by Gasteiger charge is 2.31. The van der Waals surface area contributed by atoms with Gasteiger partial charge in [-0.3, -0.25) is 0 Å². The summed E-state index contributed by atoms with van der Waals surface area (Å²) >= 11 is 1.58. The number of amides is 2. The average molecular weight is 621 g/mol. The number of nitrogens with one attached hydrogen (secondary N) is 1. The van der Waals surface area contributed by atoms with Crippen LogP contribution in [0.1, 0.15) is 37.0 Å². The van der Waals surface area contributed by atoms with E-state index in [0.717, 1.165) is 40.1 Å². The molecule has 2 heterocycles. The number of nitrogens with zero attached hydrogens (tertiary/aromatic N) is 5. The number of hydrogen-bond acceptors (Lipinski definition) is 5. The third kappa shape index (κ3) is 7.49.